The largest absolute Gasteiger partial charge is 0.299 e. The second-order valence-corrected chi connectivity index (χ2v) is 10.3. The van der Waals surface area contributed by atoms with E-state index in [2.05, 4.69) is 18.6 Å². The number of rotatable bonds is 7. The third-order valence-electron chi connectivity index (χ3n) is 5.78. The topological polar surface area (TPSA) is 63.2 Å². The molecule has 0 aromatic heterocycles. The van der Waals surface area contributed by atoms with E-state index in [1.807, 2.05) is 37.3 Å². The highest BCUT2D eigenvalue weighted by Gasteiger charge is 2.40. The molecule has 1 aliphatic rings. The van der Waals surface area contributed by atoms with Crippen molar-refractivity contribution in [3.8, 4) is 0 Å². The van der Waals surface area contributed by atoms with Gasteiger partial charge >= 0.3 is 0 Å². The van der Waals surface area contributed by atoms with E-state index < -0.39 is 16.1 Å². The molecule has 2 aromatic carbocycles. The van der Waals surface area contributed by atoms with Gasteiger partial charge in [0.1, 0.15) is 5.78 Å². The molecular weight excluding hydrogens is 382 g/mol. The van der Waals surface area contributed by atoms with Crippen molar-refractivity contribution in [3.63, 3.8) is 0 Å². The molecule has 1 saturated carbocycles. The van der Waals surface area contributed by atoms with Gasteiger partial charge in [-0.25, -0.2) is 13.1 Å². The van der Waals surface area contributed by atoms with Crippen LogP contribution in [-0.2, 0) is 14.8 Å². The van der Waals surface area contributed by atoms with E-state index in [-0.39, 0.29) is 22.5 Å². The van der Waals surface area contributed by atoms with Crippen LogP contribution in [0.25, 0.3) is 0 Å². The van der Waals surface area contributed by atoms with Gasteiger partial charge in [0, 0.05) is 12.3 Å². The number of carbonyl (C=O) groups excluding carboxylic acids is 1. The van der Waals surface area contributed by atoms with Gasteiger partial charge in [-0.3, -0.25) is 4.79 Å². The van der Waals surface area contributed by atoms with E-state index in [9.17, 15) is 13.2 Å². The first-order chi connectivity index (χ1) is 13.8. The van der Waals surface area contributed by atoms with Crippen LogP contribution in [0.5, 0.6) is 0 Å². The Morgan fingerprint density at radius 1 is 1.03 bits per heavy atom. The summed E-state index contributed by atoms with van der Waals surface area (Å²) in [5.41, 5.74) is 1.85. The van der Waals surface area contributed by atoms with Gasteiger partial charge in [0.05, 0.1) is 10.9 Å². The van der Waals surface area contributed by atoms with Crippen LogP contribution in [0.1, 0.15) is 56.7 Å². The van der Waals surface area contributed by atoms with E-state index in [1.54, 1.807) is 24.3 Å². The lowest BCUT2D eigenvalue weighted by Crippen LogP contribution is -2.42. The Morgan fingerprint density at radius 3 is 2.31 bits per heavy atom. The molecule has 0 spiro atoms. The summed E-state index contributed by atoms with van der Waals surface area (Å²) in [6.07, 6.45) is 3.30. The summed E-state index contributed by atoms with van der Waals surface area (Å²) in [6.45, 7) is 6.24. The fourth-order valence-electron chi connectivity index (χ4n) is 4.44. The predicted octanol–water partition coefficient (Wildman–Crippen LogP) is 5.05. The van der Waals surface area contributed by atoms with Gasteiger partial charge in [0.2, 0.25) is 10.0 Å². The van der Waals surface area contributed by atoms with Crippen molar-refractivity contribution < 1.29 is 13.2 Å². The van der Waals surface area contributed by atoms with Crippen LogP contribution in [0, 0.1) is 24.7 Å². The Kier molecular flexibility index (Phi) is 6.91. The van der Waals surface area contributed by atoms with Crippen LogP contribution in [-0.4, -0.2) is 14.2 Å². The molecule has 1 fully saturated rings. The Balaban J connectivity index is 2.00. The molecule has 0 unspecified atom stereocenters. The van der Waals surface area contributed by atoms with Crippen molar-refractivity contribution in [2.24, 2.45) is 17.8 Å². The summed E-state index contributed by atoms with van der Waals surface area (Å²) in [5, 5.41) is 0. The number of aryl methyl sites for hydroxylation is 1. The first-order valence-corrected chi connectivity index (χ1v) is 11.9. The minimum absolute atomic E-state index is 0.169. The fourth-order valence-corrected chi connectivity index (χ4v) is 5.68. The summed E-state index contributed by atoms with van der Waals surface area (Å²) in [4.78, 5) is 13.3. The molecule has 0 saturated heterocycles. The van der Waals surface area contributed by atoms with Crippen molar-refractivity contribution in [1.82, 2.24) is 4.72 Å². The van der Waals surface area contributed by atoms with Crippen LogP contribution in [0.3, 0.4) is 0 Å². The number of hydrogen-bond donors (Lipinski definition) is 1. The van der Waals surface area contributed by atoms with Crippen molar-refractivity contribution in [3.05, 3.63) is 65.7 Å². The quantitative estimate of drug-likeness (QED) is 0.691. The zero-order valence-electron chi connectivity index (χ0n) is 17.5. The molecule has 156 valence electrons. The molecule has 0 heterocycles. The minimum atomic E-state index is -3.75. The number of carbonyl (C=O) groups is 1. The number of ketones is 1. The van der Waals surface area contributed by atoms with E-state index in [0.717, 1.165) is 30.4 Å². The first kappa shape index (κ1) is 21.7. The van der Waals surface area contributed by atoms with Crippen LogP contribution >= 0.6 is 0 Å². The minimum Gasteiger partial charge on any atom is -0.299 e. The number of sulfonamides is 1. The van der Waals surface area contributed by atoms with Crippen LogP contribution in [0.4, 0.5) is 0 Å². The van der Waals surface area contributed by atoms with Crippen LogP contribution in [0.2, 0.25) is 0 Å². The normalized spacial score (nSPS) is 21.3. The maximum atomic E-state index is 13.2. The molecule has 1 aliphatic carbocycles. The summed E-state index contributed by atoms with van der Waals surface area (Å²) in [6, 6.07) is 15.8. The van der Waals surface area contributed by atoms with Crippen molar-refractivity contribution in [1.29, 1.82) is 0 Å². The van der Waals surface area contributed by atoms with Crippen LogP contribution in [0.15, 0.2) is 59.5 Å². The van der Waals surface area contributed by atoms with Crippen LogP contribution < -0.4 is 4.72 Å². The number of hydrogen-bond acceptors (Lipinski definition) is 3. The predicted molar refractivity (Wildman–Crippen MR) is 116 cm³/mol. The van der Waals surface area contributed by atoms with Crippen molar-refractivity contribution >= 4 is 15.8 Å². The SMILES string of the molecule is Cc1ccc(S(=O)(=O)N[C@@H](c2ccccc2)[C@H]2C(=O)CCC[C@@H]2CC(C)C)cc1. The average molecular weight is 414 g/mol. The van der Waals surface area contributed by atoms with Gasteiger partial charge < -0.3 is 0 Å². The summed E-state index contributed by atoms with van der Waals surface area (Å²) < 4.78 is 29.3. The highest BCUT2D eigenvalue weighted by atomic mass is 32.2. The molecule has 1 N–H and O–H groups in total. The number of Topliss-reactive ketones (excluding diaryl/α,β-unsaturated/α-hetero) is 1. The Bertz CT molecular complexity index is 920. The zero-order valence-corrected chi connectivity index (χ0v) is 18.3. The molecule has 29 heavy (non-hydrogen) atoms. The van der Waals surface area contributed by atoms with Gasteiger partial charge in [-0.2, -0.15) is 0 Å². The highest BCUT2D eigenvalue weighted by Crippen LogP contribution is 2.40. The molecule has 4 nitrogen and oxygen atoms in total. The molecule has 0 radical (unpaired) electrons. The first-order valence-electron chi connectivity index (χ1n) is 10.4. The van der Waals surface area contributed by atoms with E-state index in [0.29, 0.717) is 12.3 Å². The fraction of sp³-hybridized carbons (Fsp3) is 0.458. The molecule has 2 aromatic rings. The molecule has 5 heteroatoms. The number of benzene rings is 2. The Hall–Kier alpha value is -1.98. The maximum Gasteiger partial charge on any atom is 0.241 e. The Labute approximate surface area is 174 Å². The molecule has 0 aliphatic heterocycles. The lowest BCUT2D eigenvalue weighted by Gasteiger charge is -2.37. The third-order valence-corrected chi connectivity index (χ3v) is 7.24. The summed E-state index contributed by atoms with van der Waals surface area (Å²) in [5.74, 6) is 0.469. The van der Waals surface area contributed by atoms with E-state index in [1.165, 1.54) is 0 Å². The van der Waals surface area contributed by atoms with Gasteiger partial charge in [0.25, 0.3) is 0 Å². The van der Waals surface area contributed by atoms with Crippen molar-refractivity contribution in [2.45, 2.75) is 57.4 Å². The van der Waals surface area contributed by atoms with Gasteiger partial charge in [-0.1, -0.05) is 61.9 Å². The third kappa shape index (κ3) is 5.34. The lowest BCUT2D eigenvalue weighted by molar-refractivity contribution is -0.128. The molecule has 0 amide bonds. The Morgan fingerprint density at radius 2 is 1.69 bits per heavy atom. The van der Waals surface area contributed by atoms with Gasteiger partial charge in [0.15, 0.2) is 0 Å². The monoisotopic (exact) mass is 413 g/mol. The van der Waals surface area contributed by atoms with E-state index in [4.69, 9.17) is 0 Å². The van der Waals surface area contributed by atoms with E-state index >= 15 is 0 Å². The number of nitrogens with one attached hydrogen (secondary N) is 1. The van der Waals surface area contributed by atoms with Gasteiger partial charge in [-0.15, -0.1) is 0 Å². The standard InChI is InChI=1S/C24H31NO3S/c1-17(2)16-20-10-7-11-22(26)23(20)24(19-8-5-4-6-9-19)25-29(27,28)21-14-12-18(3)13-15-21/h4-6,8-9,12-15,17,20,23-25H,7,10-11,16H2,1-3H3/t20-,23-,24+/m1/s1. The smallest absolute Gasteiger partial charge is 0.241 e. The van der Waals surface area contributed by atoms with Crippen molar-refractivity contribution in [2.75, 3.05) is 0 Å². The second-order valence-electron chi connectivity index (χ2n) is 8.60. The lowest BCUT2D eigenvalue weighted by atomic mass is 9.70. The summed E-state index contributed by atoms with van der Waals surface area (Å²) in [7, 11) is -3.75. The molecular formula is C24H31NO3S. The second kappa shape index (κ2) is 9.23. The highest BCUT2D eigenvalue weighted by molar-refractivity contribution is 7.89. The zero-order chi connectivity index (χ0) is 21.0. The molecule has 3 rings (SSSR count). The maximum absolute atomic E-state index is 13.2. The molecule has 3 atom stereocenters. The molecule has 0 bridgehead atoms. The average Bonchev–Trinajstić information content (AvgIpc) is 2.67. The van der Waals surface area contributed by atoms with Gasteiger partial charge in [-0.05, 0) is 55.7 Å². The summed E-state index contributed by atoms with van der Waals surface area (Å²) >= 11 is 0.